The maximum atomic E-state index is 5.56. The van der Waals surface area contributed by atoms with E-state index in [-0.39, 0.29) is 0 Å². The minimum atomic E-state index is 0.496. The molecule has 214 valence electrons. The average Bonchev–Trinajstić information content (AvgIpc) is 3.03. The zero-order valence-corrected chi connectivity index (χ0v) is 25.7. The van der Waals surface area contributed by atoms with Crippen LogP contribution in [0.25, 0.3) is 44.1 Å². The SMILES string of the molecule is CC1CCC(c2cc(-c3ccccc3)c3ccc4c(-c5ccccc5)cc(C5CCC(C)C(C)C5)nc4c3n2)CC1C. The minimum Gasteiger partial charge on any atom is -0.250 e. The molecule has 2 saturated carbocycles. The molecule has 42 heavy (non-hydrogen) atoms. The fraction of sp³-hybridized carbons (Fsp3) is 0.400. The predicted molar refractivity (Wildman–Crippen MR) is 178 cm³/mol. The molecule has 0 saturated heterocycles. The van der Waals surface area contributed by atoms with Gasteiger partial charge in [-0.25, -0.2) is 0 Å². The summed E-state index contributed by atoms with van der Waals surface area (Å²) in [5.41, 5.74) is 9.75. The standard InChI is InChI=1S/C40H44N2/c1-25-15-17-31(21-27(25)3)37-23-35(29-11-7-5-8-12-29)33-19-20-34-36(30-13-9-6-10-14-30)24-38(42-40(34)39(33)41-37)32-18-16-26(2)28(4)22-32/h5-14,19-20,23-28,31-32H,15-18,21-22H2,1-4H3. The third-order valence-electron chi connectivity index (χ3n) is 11.0. The smallest absolute Gasteiger partial charge is 0.0974 e. The second-order valence-corrected chi connectivity index (χ2v) is 13.7. The molecule has 2 aliphatic rings. The first-order chi connectivity index (χ1) is 20.5. The van der Waals surface area contributed by atoms with Gasteiger partial charge in [0.1, 0.15) is 0 Å². The molecule has 2 nitrogen and oxygen atoms in total. The molecule has 6 atom stereocenters. The molecule has 5 aromatic rings. The zero-order valence-electron chi connectivity index (χ0n) is 25.7. The minimum absolute atomic E-state index is 0.496. The Hall–Kier alpha value is -3.52. The van der Waals surface area contributed by atoms with Crippen molar-refractivity contribution in [3.63, 3.8) is 0 Å². The van der Waals surface area contributed by atoms with Crippen LogP contribution in [-0.2, 0) is 0 Å². The molecule has 0 spiro atoms. The van der Waals surface area contributed by atoms with Crippen LogP contribution in [0.15, 0.2) is 84.9 Å². The van der Waals surface area contributed by atoms with Gasteiger partial charge in [0.25, 0.3) is 0 Å². The van der Waals surface area contributed by atoms with Crippen molar-refractivity contribution in [2.24, 2.45) is 23.7 Å². The molecular weight excluding hydrogens is 508 g/mol. The summed E-state index contributed by atoms with van der Waals surface area (Å²) in [7, 11) is 0. The summed E-state index contributed by atoms with van der Waals surface area (Å²) in [6.45, 7) is 9.69. The summed E-state index contributed by atoms with van der Waals surface area (Å²) >= 11 is 0. The van der Waals surface area contributed by atoms with Crippen molar-refractivity contribution in [1.82, 2.24) is 9.97 Å². The zero-order chi connectivity index (χ0) is 28.8. The van der Waals surface area contributed by atoms with Gasteiger partial charge in [-0.2, -0.15) is 0 Å². The van der Waals surface area contributed by atoms with E-state index in [1.807, 2.05) is 0 Å². The Kier molecular flexibility index (Phi) is 7.34. The quantitative estimate of drug-likeness (QED) is 0.207. The van der Waals surface area contributed by atoms with E-state index in [1.54, 1.807) is 0 Å². The van der Waals surface area contributed by atoms with Gasteiger partial charge in [0.05, 0.1) is 11.0 Å². The topological polar surface area (TPSA) is 25.8 Å². The second kappa shape index (κ2) is 11.3. The number of rotatable bonds is 4. The van der Waals surface area contributed by atoms with E-state index in [4.69, 9.17) is 9.97 Å². The number of hydrogen-bond donors (Lipinski definition) is 0. The van der Waals surface area contributed by atoms with Crippen LogP contribution in [0.2, 0.25) is 0 Å². The van der Waals surface area contributed by atoms with Crippen molar-refractivity contribution in [3.05, 3.63) is 96.3 Å². The van der Waals surface area contributed by atoms with Crippen LogP contribution in [0, 0.1) is 23.7 Å². The lowest BCUT2D eigenvalue weighted by atomic mass is 9.74. The van der Waals surface area contributed by atoms with Gasteiger partial charge in [-0.3, -0.25) is 9.97 Å². The van der Waals surface area contributed by atoms with Crippen molar-refractivity contribution in [2.75, 3.05) is 0 Å². The molecule has 2 fully saturated rings. The molecule has 0 radical (unpaired) electrons. The molecule has 2 aromatic heterocycles. The Bertz CT molecular complexity index is 1580. The van der Waals surface area contributed by atoms with Gasteiger partial charge < -0.3 is 0 Å². The molecule has 0 aliphatic heterocycles. The molecule has 0 bridgehead atoms. The van der Waals surface area contributed by atoms with E-state index in [0.29, 0.717) is 11.8 Å². The van der Waals surface area contributed by atoms with Gasteiger partial charge >= 0.3 is 0 Å². The van der Waals surface area contributed by atoms with E-state index in [0.717, 1.165) is 34.7 Å². The van der Waals surface area contributed by atoms with Crippen LogP contribution < -0.4 is 0 Å². The Labute approximate surface area is 251 Å². The summed E-state index contributed by atoms with van der Waals surface area (Å²) in [6, 6.07) is 31.3. The molecule has 0 amide bonds. The molecule has 6 unspecified atom stereocenters. The number of fused-ring (bicyclic) bond motifs is 3. The van der Waals surface area contributed by atoms with E-state index >= 15 is 0 Å². The Balaban J connectivity index is 1.49. The average molecular weight is 553 g/mol. The van der Waals surface area contributed by atoms with E-state index in [2.05, 4.69) is 113 Å². The normalized spacial score (nSPS) is 26.5. The first kappa shape index (κ1) is 27.3. The van der Waals surface area contributed by atoms with Crippen molar-refractivity contribution >= 4 is 21.8 Å². The summed E-state index contributed by atoms with van der Waals surface area (Å²) in [5.74, 6) is 4.01. The van der Waals surface area contributed by atoms with Crippen molar-refractivity contribution in [2.45, 2.75) is 78.1 Å². The number of hydrogen-bond acceptors (Lipinski definition) is 2. The number of nitrogens with zero attached hydrogens (tertiary/aromatic N) is 2. The van der Waals surface area contributed by atoms with Crippen LogP contribution in [0.1, 0.15) is 89.4 Å². The highest BCUT2D eigenvalue weighted by atomic mass is 14.8. The van der Waals surface area contributed by atoms with Gasteiger partial charge in [-0.05, 0) is 96.6 Å². The van der Waals surface area contributed by atoms with E-state index in [1.165, 1.54) is 82.9 Å². The summed E-state index contributed by atoms with van der Waals surface area (Å²) in [6.07, 6.45) is 7.42. The maximum absolute atomic E-state index is 5.56. The highest BCUT2D eigenvalue weighted by Crippen LogP contribution is 2.44. The molecule has 3 aromatic carbocycles. The fourth-order valence-corrected chi connectivity index (χ4v) is 7.78. The van der Waals surface area contributed by atoms with Crippen LogP contribution in [0.3, 0.4) is 0 Å². The van der Waals surface area contributed by atoms with Gasteiger partial charge in [0.15, 0.2) is 0 Å². The maximum Gasteiger partial charge on any atom is 0.0974 e. The third-order valence-corrected chi connectivity index (χ3v) is 11.0. The van der Waals surface area contributed by atoms with E-state index < -0.39 is 0 Å². The first-order valence-electron chi connectivity index (χ1n) is 16.4. The molecular formula is C40H44N2. The Morgan fingerprint density at radius 3 is 1.26 bits per heavy atom. The highest BCUT2D eigenvalue weighted by Gasteiger charge is 2.29. The Morgan fingerprint density at radius 2 is 0.881 bits per heavy atom. The third kappa shape index (κ3) is 5.04. The van der Waals surface area contributed by atoms with Crippen molar-refractivity contribution < 1.29 is 0 Å². The van der Waals surface area contributed by atoms with Gasteiger partial charge in [-0.15, -0.1) is 0 Å². The van der Waals surface area contributed by atoms with Gasteiger partial charge in [0, 0.05) is 34.0 Å². The van der Waals surface area contributed by atoms with Crippen molar-refractivity contribution in [3.8, 4) is 22.3 Å². The van der Waals surface area contributed by atoms with Gasteiger partial charge in [0.2, 0.25) is 0 Å². The predicted octanol–water partition coefficient (Wildman–Crippen LogP) is 11.2. The molecule has 0 N–H and O–H groups in total. The Morgan fingerprint density at radius 1 is 0.476 bits per heavy atom. The molecule has 2 heteroatoms. The first-order valence-corrected chi connectivity index (χ1v) is 16.4. The summed E-state index contributed by atoms with van der Waals surface area (Å²) in [4.78, 5) is 11.1. The van der Waals surface area contributed by atoms with Crippen molar-refractivity contribution in [1.29, 1.82) is 0 Å². The van der Waals surface area contributed by atoms with Crippen LogP contribution in [-0.4, -0.2) is 9.97 Å². The number of benzene rings is 3. The number of aromatic nitrogens is 2. The van der Waals surface area contributed by atoms with E-state index in [9.17, 15) is 0 Å². The molecule has 7 rings (SSSR count). The lowest BCUT2D eigenvalue weighted by molar-refractivity contribution is 0.248. The summed E-state index contributed by atoms with van der Waals surface area (Å²) < 4.78 is 0. The highest BCUT2D eigenvalue weighted by molar-refractivity contribution is 6.12. The lowest BCUT2D eigenvalue weighted by Crippen LogP contribution is -2.20. The monoisotopic (exact) mass is 552 g/mol. The van der Waals surface area contributed by atoms with Gasteiger partial charge in [-0.1, -0.05) is 100 Å². The lowest BCUT2D eigenvalue weighted by Gasteiger charge is -2.32. The fourth-order valence-electron chi connectivity index (χ4n) is 7.78. The van der Waals surface area contributed by atoms with Crippen LogP contribution in [0.5, 0.6) is 0 Å². The molecule has 2 heterocycles. The summed E-state index contributed by atoms with van der Waals surface area (Å²) in [5, 5.41) is 2.42. The largest absolute Gasteiger partial charge is 0.250 e. The second-order valence-electron chi connectivity index (χ2n) is 13.7. The van der Waals surface area contributed by atoms with Crippen LogP contribution in [0.4, 0.5) is 0 Å². The van der Waals surface area contributed by atoms with Crippen LogP contribution >= 0.6 is 0 Å². The molecule has 2 aliphatic carbocycles. The number of pyridine rings is 2.